The fourth-order valence-electron chi connectivity index (χ4n) is 1.13. The molecule has 2 N–H and O–H groups in total. The summed E-state index contributed by atoms with van der Waals surface area (Å²) in [7, 11) is 0. The van der Waals surface area contributed by atoms with Gasteiger partial charge in [0.05, 0.1) is 12.7 Å². The first kappa shape index (κ1) is 10.7. The van der Waals surface area contributed by atoms with Crippen LogP contribution in [-0.2, 0) is 6.42 Å². The van der Waals surface area contributed by atoms with Gasteiger partial charge in [0.1, 0.15) is 5.82 Å². The van der Waals surface area contributed by atoms with Crippen LogP contribution in [0, 0.1) is 24.2 Å². The van der Waals surface area contributed by atoms with E-state index >= 15 is 0 Å². The Bertz CT molecular complexity index is 355. The van der Waals surface area contributed by atoms with Gasteiger partial charge in [-0.25, -0.2) is 4.39 Å². The number of terminal acetylenes is 1. The Hall–Kier alpha value is -1.37. The zero-order chi connectivity index (χ0) is 10.6. The summed E-state index contributed by atoms with van der Waals surface area (Å²) >= 11 is 0. The van der Waals surface area contributed by atoms with Crippen molar-refractivity contribution < 1.29 is 14.6 Å². The third-order valence-electron chi connectivity index (χ3n) is 1.84. The number of rotatable bonds is 3. The van der Waals surface area contributed by atoms with Crippen molar-refractivity contribution in [1.82, 2.24) is 0 Å². The second kappa shape index (κ2) is 4.75. The summed E-state index contributed by atoms with van der Waals surface area (Å²) in [6.07, 6.45) is 4.15. The van der Waals surface area contributed by atoms with Gasteiger partial charge in [0, 0.05) is 17.5 Å². The largest absolute Gasteiger partial charge is 0.394 e. The van der Waals surface area contributed by atoms with Crippen LogP contribution in [-0.4, -0.2) is 22.9 Å². The lowest BCUT2D eigenvalue weighted by Gasteiger charge is -2.09. The number of hydrogen-bond acceptors (Lipinski definition) is 2. The molecule has 0 saturated carbocycles. The SMILES string of the molecule is C#Cc1[c]ccc(F)c1CC(O)CO. The molecule has 3 heteroatoms. The molecular formula is C11H10FO2. The molecule has 0 amide bonds. The summed E-state index contributed by atoms with van der Waals surface area (Å²) < 4.78 is 13.2. The molecule has 73 valence electrons. The van der Waals surface area contributed by atoms with Gasteiger partial charge in [-0.1, -0.05) is 12.0 Å². The fraction of sp³-hybridized carbons (Fsp3) is 0.273. The van der Waals surface area contributed by atoms with E-state index in [9.17, 15) is 4.39 Å². The molecule has 14 heavy (non-hydrogen) atoms. The maximum atomic E-state index is 13.2. The van der Waals surface area contributed by atoms with E-state index in [4.69, 9.17) is 16.6 Å². The van der Waals surface area contributed by atoms with Crippen LogP contribution in [0.25, 0.3) is 0 Å². The molecule has 0 spiro atoms. The predicted molar refractivity (Wildman–Crippen MR) is 50.0 cm³/mol. The number of aliphatic hydroxyl groups excluding tert-OH is 2. The highest BCUT2D eigenvalue weighted by molar-refractivity contribution is 5.40. The first-order valence-corrected chi connectivity index (χ1v) is 4.13. The van der Waals surface area contributed by atoms with Crippen molar-refractivity contribution in [3.8, 4) is 12.3 Å². The van der Waals surface area contributed by atoms with Crippen molar-refractivity contribution in [2.45, 2.75) is 12.5 Å². The number of halogens is 1. The van der Waals surface area contributed by atoms with Crippen LogP contribution in [0.4, 0.5) is 4.39 Å². The number of aliphatic hydroxyl groups is 2. The Labute approximate surface area is 82.0 Å². The molecule has 0 fully saturated rings. The van der Waals surface area contributed by atoms with Crippen LogP contribution in [0.1, 0.15) is 11.1 Å². The Morgan fingerprint density at radius 1 is 1.64 bits per heavy atom. The van der Waals surface area contributed by atoms with Crippen molar-refractivity contribution in [3.05, 3.63) is 35.1 Å². The molecule has 0 aromatic heterocycles. The first-order valence-electron chi connectivity index (χ1n) is 4.13. The summed E-state index contributed by atoms with van der Waals surface area (Å²) in [6, 6.07) is 5.30. The molecule has 2 nitrogen and oxygen atoms in total. The third kappa shape index (κ3) is 2.32. The molecule has 0 saturated heterocycles. The van der Waals surface area contributed by atoms with Crippen molar-refractivity contribution >= 4 is 0 Å². The van der Waals surface area contributed by atoms with Crippen LogP contribution < -0.4 is 0 Å². The van der Waals surface area contributed by atoms with E-state index in [0.717, 1.165) is 0 Å². The van der Waals surface area contributed by atoms with Gasteiger partial charge in [-0.05, 0) is 12.1 Å². The van der Waals surface area contributed by atoms with Gasteiger partial charge in [-0.15, -0.1) is 6.42 Å². The molecule has 0 aliphatic heterocycles. The smallest absolute Gasteiger partial charge is 0.127 e. The van der Waals surface area contributed by atoms with E-state index in [-0.39, 0.29) is 17.5 Å². The summed E-state index contributed by atoms with van der Waals surface area (Å²) in [6.45, 7) is -0.418. The maximum Gasteiger partial charge on any atom is 0.127 e. The molecule has 1 rings (SSSR count). The van der Waals surface area contributed by atoms with Crippen molar-refractivity contribution in [2.24, 2.45) is 0 Å². The van der Waals surface area contributed by atoms with Gasteiger partial charge in [0.2, 0.25) is 0 Å². The molecule has 1 aromatic carbocycles. The second-order valence-corrected chi connectivity index (χ2v) is 2.86. The van der Waals surface area contributed by atoms with Crippen LogP contribution in [0.15, 0.2) is 12.1 Å². The highest BCUT2D eigenvalue weighted by Gasteiger charge is 2.11. The third-order valence-corrected chi connectivity index (χ3v) is 1.84. The normalized spacial score (nSPS) is 12.1. The molecule has 1 atom stereocenters. The lowest BCUT2D eigenvalue weighted by molar-refractivity contribution is 0.0947. The zero-order valence-electron chi connectivity index (χ0n) is 7.50. The minimum atomic E-state index is -0.993. The van der Waals surface area contributed by atoms with E-state index in [1.54, 1.807) is 0 Å². The Morgan fingerprint density at radius 2 is 2.36 bits per heavy atom. The van der Waals surface area contributed by atoms with Crippen LogP contribution >= 0.6 is 0 Å². The molecular weight excluding hydrogens is 183 g/mol. The zero-order valence-corrected chi connectivity index (χ0v) is 7.50. The second-order valence-electron chi connectivity index (χ2n) is 2.86. The highest BCUT2D eigenvalue weighted by Crippen LogP contribution is 2.14. The van der Waals surface area contributed by atoms with Crippen LogP contribution in [0.5, 0.6) is 0 Å². The maximum absolute atomic E-state index is 13.2. The monoisotopic (exact) mass is 193 g/mol. The lowest BCUT2D eigenvalue weighted by Crippen LogP contribution is -2.16. The summed E-state index contributed by atoms with van der Waals surface area (Å²) in [5, 5.41) is 17.8. The van der Waals surface area contributed by atoms with Crippen LogP contribution in [0.3, 0.4) is 0 Å². The highest BCUT2D eigenvalue weighted by atomic mass is 19.1. The molecule has 1 aromatic rings. The molecule has 1 radical (unpaired) electrons. The average molecular weight is 193 g/mol. The summed E-state index contributed by atoms with van der Waals surface area (Å²) in [5.41, 5.74) is 0.508. The minimum absolute atomic E-state index is 0.000787. The number of hydrogen-bond donors (Lipinski definition) is 2. The lowest BCUT2D eigenvalue weighted by atomic mass is 10.0. The Balaban J connectivity index is 3.00. The molecule has 0 heterocycles. The van der Waals surface area contributed by atoms with Crippen molar-refractivity contribution in [3.63, 3.8) is 0 Å². The van der Waals surface area contributed by atoms with Gasteiger partial charge in [-0.3, -0.25) is 0 Å². The van der Waals surface area contributed by atoms with Gasteiger partial charge in [-0.2, -0.15) is 0 Å². The minimum Gasteiger partial charge on any atom is -0.394 e. The standard InChI is InChI=1S/C11H10FO2/c1-2-8-4-3-5-11(12)10(8)6-9(14)7-13/h1,3,5,9,13-14H,6-7H2. The number of benzene rings is 1. The molecule has 0 aliphatic rings. The van der Waals surface area contributed by atoms with Gasteiger partial charge in [0.25, 0.3) is 0 Å². The topological polar surface area (TPSA) is 40.5 Å². The van der Waals surface area contributed by atoms with E-state index in [2.05, 4.69) is 12.0 Å². The Kier molecular flexibility index (Phi) is 3.63. The molecule has 0 bridgehead atoms. The van der Waals surface area contributed by atoms with E-state index < -0.39 is 18.5 Å². The van der Waals surface area contributed by atoms with Gasteiger partial charge in [0.15, 0.2) is 0 Å². The van der Waals surface area contributed by atoms with Crippen molar-refractivity contribution in [1.29, 1.82) is 0 Å². The Morgan fingerprint density at radius 3 is 2.93 bits per heavy atom. The fourth-order valence-corrected chi connectivity index (χ4v) is 1.13. The van der Waals surface area contributed by atoms with E-state index in [0.29, 0.717) is 0 Å². The van der Waals surface area contributed by atoms with Gasteiger partial charge < -0.3 is 10.2 Å². The van der Waals surface area contributed by atoms with Crippen LogP contribution in [0.2, 0.25) is 0 Å². The van der Waals surface area contributed by atoms with E-state index in [1.807, 2.05) is 0 Å². The molecule has 1 unspecified atom stereocenters. The van der Waals surface area contributed by atoms with Gasteiger partial charge >= 0.3 is 0 Å². The summed E-state index contributed by atoms with van der Waals surface area (Å²) in [4.78, 5) is 0. The van der Waals surface area contributed by atoms with E-state index in [1.165, 1.54) is 12.1 Å². The molecule has 0 aliphatic carbocycles. The predicted octanol–water partition coefficient (Wildman–Crippen LogP) is 0.503. The quantitative estimate of drug-likeness (QED) is 0.686. The van der Waals surface area contributed by atoms with Crippen molar-refractivity contribution in [2.75, 3.05) is 6.61 Å². The first-order chi connectivity index (χ1) is 6.69. The average Bonchev–Trinajstić information content (AvgIpc) is 2.20. The summed E-state index contributed by atoms with van der Waals surface area (Å²) in [5.74, 6) is 1.80.